The predicted molar refractivity (Wildman–Crippen MR) is 106 cm³/mol. The molecule has 0 saturated heterocycles. The minimum atomic E-state index is -0.255. The van der Waals surface area contributed by atoms with Crippen LogP contribution >= 0.6 is 0 Å². The van der Waals surface area contributed by atoms with E-state index in [4.69, 9.17) is 4.74 Å². The van der Waals surface area contributed by atoms with Crippen LogP contribution in [-0.2, 0) is 0 Å². The molecule has 25 heavy (non-hydrogen) atoms. The van der Waals surface area contributed by atoms with E-state index in [1.807, 2.05) is 13.0 Å². The second-order valence-corrected chi connectivity index (χ2v) is 7.10. The van der Waals surface area contributed by atoms with Crippen molar-refractivity contribution in [2.24, 2.45) is 0 Å². The molecular weight excluding hydrogens is 313 g/mol. The van der Waals surface area contributed by atoms with Gasteiger partial charge in [0.1, 0.15) is 0 Å². The molecule has 2 nitrogen and oxygen atoms in total. The Morgan fingerprint density at radius 3 is 2.20 bits per heavy atom. The molecule has 1 aromatic rings. The highest BCUT2D eigenvalue weighted by atomic mass is 19.1. The molecule has 0 aliphatic carbocycles. The first kappa shape index (κ1) is 22.0. The third-order valence-corrected chi connectivity index (χ3v) is 4.62. The number of unbranched alkanes of at least 4 members (excludes halogenated alkanes) is 6. The van der Waals surface area contributed by atoms with Gasteiger partial charge in [0.25, 0.3) is 0 Å². The first-order valence-electron chi connectivity index (χ1n) is 10.3. The van der Waals surface area contributed by atoms with Crippen molar-refractivity contribution in [3.63, 3.8) is 0 Å². The molecule has 3 heteroatoms. The molecule has 0 bridgehead atoms. The van der Waals surface area contributed by atoms with E-state index in [0.717, 1.165) is 18.5 Å². The summed E-state index contributed by atoms with van der Waals surface area (Å²) < 4.78 is 19.4. The van der Waals surface area contributed by atoms with Gasteiger partial charge in [0, 0.05) is 6.54 Å². The van der Waals surface area contributed by atoms with Crippen molar-refractivity contribution in [2.75, 3.05) is 26.2 Å². The fourth-order valence-corrected chi connectivity index (χ4v) is 3.03. The van der Waals surface area contributed by atoms with Crippen molar-refractivity contribution in [2.45, 2.75) is 78.6 Å². The maximum atomic E-state index is 13.8. The van der Waals surface area contributed by atoms with Crippen LogP contribution in [0, 0.1) is 12.7 Å². The topological polar surface area (TPSA) is 12.5 Å². The van der Waals surface area contributed by atoms with Gasteiger partial charge in [0.15, 0.2) is 11.6 Å². The van der Waals surface area contributed by atoms with Crippen LogP contribution in [0.4, 0.5) is 4.39 Å². The molecule has 0 amide bonds. The van der Waals surface area contributed by atoms with Crippen LogP contribution in [-0.4, -0.2) is 31.1 Å². The van der Waals surface area contributed by atoms with Gasteiger partial charge in [-0.3, -0.25) is 0 Å². The first-order chi connectivity index (χ1) is 12.2. The number of hydrogen-bond acceptors (Lipinski definition) is 2. The third kappa shape index (κ3) is 10.5. The van der Waals surface area contributed by atoms with Crippen molar-refractivity contribution in [3.8, 4) is 5.75 Å². The largest absolute Gasteiger partial charge is 0.490 e. The van der Waals surface area contributed by atoms with E-state index >= 15 is 0 Å². The number of ether oxygens (including phenoxy) is 1. The van der Waals surface area contributed by atoms with Gasteiger partial charge in [-0.05, 0) is 57.0 Å². The fourth-order valence-electron chi connectivity index (χ4n) is 3.03. The Morgan fingerprint density at radius 2 is 1.48 bits per heavy atom. The highest BCUT2D eigenvalue weighted by molar-refractivity contribution is 5.28. The Kier molecular flexibility index (Phi) is 12.4. The number of nitrogens with zero attached hydrogens (tertiary/aromatic N) is 1. The highest BCUT2D eigenvalue weighted by Gasteiger charge is 2.06. The zero-order valence-electron chi connectivity index (χ0n) is 16.7. The van der Waals surface area contributed by atoms with E-state index in [0.29, 0.717) is 12.4 Å². The average molecular weight is 352 g/mol. The van der Waals surface area contributed by atoms with Crippen LogP contribution in [0.5, 0.6) is 5.75 Å². The maximum absolute atomic E-state index is 13.8. The number of benzene rings is 1. The van der Waals surface area contributed by atoms with Gasteiger partial charge in [-0.25, -0.2) is 4.39 Å². The Balaban J connectivity index is 2.22. The molecule has 0 aliphatic rings. The molecule has 0 aliphatic heterocycles. The van der Waals surface area contributed by atoms with Crippen LogP contribution in [0.2, 0.25) is 0 Å². The van der Waals surface area contributed by atoms with Gasteiger partial charge < -0.3 is 9.64 Å². The number of halogens is 1. The van der Waals surface area contributed by atoms with Crippen molar-refractivity contribution in [1.29, 1.82) is 0 Å². The van der Waals surface area contributed by atoms with Crippen LogP contribution in [0.3, 0.4) is 0 Å². The lowest BCUT2D eigenvalue weighted by molar-refractivity contribution is 0.224. The Morgan fingerprint density at radius 1 is 0.840 bits per heavy atom. The molecule has 0 aromatic heterocycles. The number of aryl methyl sites for hydroxylation is 1. The van der Waals surface area contributed by atoms with E-state index in [9.17, 15) is 4.39 Å². The van der Waals surface area contributed by atoms with Crippen LogP contribution < -0.4 is 4.74 Å². The standard InChI is InChI=1S/C22H38FNO/c1-4-6-8-9-10-11-16-24(15-7-5-2)17-12-18-25-22-14-13-20(3)19-21(22)23/h13-14,19H,4-12,15-18H2,1-3H3. The molecule has 1 aromatic carbocycles. The molecule has 144 valence electrons. The third-order valence-electron chi connectivity index (χ3n) is 4.62. The molecule has 0 saturated carbocycles. The quantitative estimate of drug-likeness (QED) is 0.341. The van der Waals surface area contributed by atoms with Crippen molar-refractivity contribution >= 4 is 0 Å². The van der Waals surface area contributed by atoms with E-state index in [1.54, 1.807) is 6.07 Å². The van der Waals surface area contributed by atoms with E-state index < -0.39 is 0 Å². The predicted octanol–water partition coefficient (Wildman–Crippen LogP) is 6.37. The van der Waals surface area contributed by atoms with Crippen molar-refractivity contribution < 1.29 is 9.13 Å². The van der Waals surface area contributed by atoms with Crippen LogP contribution in [0.1, 0.15) is 77.2 Å². The molecule has 0 radical (unpaired) electrons. The molecule has 0 unspecified atom stereocenters. The molecule has 0 atom stereocenters. The van der Waals surface area contributed by atoms with Gasteiger partial charge in [-0.2, -0.15) is 0 Å². The summed E-state index contributed by atoms with van der Waals surface area (Å²) in [6, 6.07) is 5.15. The second-order valence-electron chi connectivity index (χ2n) is 7.10. The Bertz CT molecular complexity index is 450. The van der Waals surface area contributed by atoms with Crippen LogP contribution in [0.25, 0.3) is 0 Å². The van der Waals surface area contributed by atoms with E-state index in [1.165, 1.54) is 70.5 Å². The summed E-state index contributed by atoms with van der Waals surface area (Å²) in [5, 5.41) is 0. The van der Waals surface area contributed by atoms with Gasteiger partial charge >= 0.3 is 0 Å². The summed E-state index contributed by atoms with van der Waals surface area (Å²) in [6.07, 6.45) is 11.5. The smallest absolute Gasteiger partial charge is 0.165 e. The molecule has 0 N–H and O–H groups in total. The lowest BCUT2D eigenvalue weighted by Gasteiger charge is -2.22. The Labute approximate surface area is 154 Å². The zero-order valence-corrected chi connectivity index (χ0v) is 16.7. The SMILES string of the molecule is CCCCCCCCN(CCCC)CCCOc1ccc(C)cc1F. The molecule has 0 spiro atoms. The van der Waals surface area contributed by atoms with Gasteiger partial charge in [-0.1, -0.05) is 58.4 Å². The minimum Gasteiger partial charge on any atom is -0.490 e. The monoisotopic (exact) mass is 351 g/mol. The lowest BCUT2D eigenvalue weighted by atomic mass is 10.1. The van der Waals surface area contributed by atoms with Gasteiger partial charge in [-0.15, -0.1) is 0 Å². The molecule has 0 fully saturated rings. The van der Waals surface area contributed by atoms with E-state index in [2.05, 4.69) is 18.7 Å². The minimum absolute atomic E-state index is 0.255. The maximum Gasteiger partial charge on any atom is 0.165 e. The average Bonchev–Trinajstić information content (AvgIpc) is 2.60. The summed E-state index contributed by atoms with van der Waals surface area (Å²) in [5.41, 5.74) is 0.925. The van der Waals surface area contributed by atoms with Crippen molar-refractivity contribution in [1.82, 2.24) is 4.90 Å². The van der Waals surface area contributed by atoms with E-state index in [-0.39, 0.29) is 5.82 Å². The van der Waals surface area contributed by atoms with Gasteiger partial charge in [0.05, 0.1) is 6.61 Å². The summed E-state index contributed by atoms with van der Waals surface area (Å²) in [4.78, 5) is 2.55. The summed E-state index contributed by atoms with van der Waals surface area (Å²) in [6.45, 7) is 10.4. The second kappa shape index (κ2) is 14.1. The van der Waals surface area contributed by atoms with Crippen molar-refractivity contribution in [3.05, 3.63) is 29.6 Å². The molecular formula is C22H38FNO. The molecule has 1 rings (SSSR count). The lowest BCUT2D eigenvalue weighted by Crippen LogP contribution is -2.28. The highest BCUT2D eigenvalue weighted by Crippen LogP contribution is 2.18. The number of rotatable bonds is 15. The number of hydrogen-bond donors (Lipinski definition) is 0. The fraction of sp³-hybridized carbons (Fsp3) is 0.727. The summed E-state index contributed by atoms with van der Waals surface area (Å²) >= 11 is 0. The first-order valence-corrected chi connectivity index (χ1v) is 10.3. The normalized spacial score (nSPS) is 11.2. The summed E-state index contributed by atoms with van der Waals surface area (Å²) in [5.74, 6) is 0.122. The zero-order chi connectivity index (χ0) is 18.3. The Hall–Kier alpha value is -1.09. The summed E-state index contributed by atoms with van der Waals surface area (Å²) in [7, 11) is 0. The molecule has 0 heterocycles. The van der Waals surface area contributed by atoms with Crippen LogP contribution in [0.15, 0.2) is 18.2 Å². The van der Waals surface area contributed by atoms with Gasteiger partial charge in [0.2, 0.25) is 0 Å².